The second kappa shape index (κ2) is 9.53. The van der Waals surface area contributed by atoms with Crippen LogP contribution in [-0.2, 0) is 9.53 Å². The van der Waals surface area contributed by atoms with E-state index in [1.54, 1.807) is 18.2 Å². The van der Waals surface area contributed by atoms with E-state index in [2.05, 4.69) is 28.2 Å². The molecule has 0 fully saturated rings. The van der Waals surface area contributed by atoms with Gasteiger partial charge < -0.3 is 10.1 Å². The summed E-state index contributed by atoms with van der Waals surface area (Å²) in [6, 6.07) is 7.16. The normalized spacial score (nSPS) is 10.1. The van der Waals surface area contributed by atoms with Crippen LogP contribution in [0.3, 0.4) is 0 Å². The summed E-state index contributed by atoms with van der Waals surface area (Å²) in [5.74, 6) is -0.468. The summed E-state index contributed by atoms with van der Waals surface area (Å²) < 4.78 is 5.79. The van der Waals surface area contributed by atoms with Gasteiger partial charge in [0, 0.05) is 11.0 Å². The Balaban J connectivity index is 2.22. The number of amides is 1. The molecule has 0 radical (unpaired) electrons. The number of hydrogen-bond acceptors (Lipinski definition) is 3. The molecule has 4 nitrogen and oxygen atoms in total. The molecule has 1 amide bonds. The number of rotatable bonds is 8. The van der Waals surface area contributed by atoms with Crippen molar-refractivity contribution in [3.05, 3.63) is 34.3 Å². The zero-order valence-electron chi connectivity index (χ0n) is 11.7. The van der Waals surface area contributed by atoms with E-state index >= 15 is 0 Å². The van der Waals surface area contributed by atoms with E-state index in [0.717, 1.165) is 23.7 Å². The molecule has 0 bridgehead atoms. The maximum absolute atomic E-state index is 11.9. The van der Waals surface area contributed by atoms with E-state index < -0.39 is 0 Å². The van der Waals surface area contributed by atoms with Gasteiger partial charge in [-0.05, 0) is 34.5 Å². The van der Waals surface area contributed by atoms with Crippen molar-refractivity contribution >= 4 is 27.8 Å². The van der Waals surface area contributed by atoms with E-state index in [1.165, 1.54) is 0 Å². The lowest BCUT2D eigenvalue weighted by atomic mass is 10.2. The molecule has 0 aliphatic heterocycles. The van der Waals surface area contributed by atoms with Crippen molar-refractivity contribution < 1.29 is 14.3 Å². The fraction of sp³-hybridized carbons (Fsp3) is 0.467. The molecular formula is C15H20BrNO3. The first-order valence-corrected chi connectivity index (χ1v) is 7.62. The molecule has 0 saturated carbocycles. The molecule has 0 unspecified atom stereocenters. The van der Waals surface area contributed by atoms with Gasteiger partial charge in [-0.3, -0.25) is 9.59 Å². The van der Waals surface area contributed by atoms with Crippen LogP contribution < -0.4 is 5.32 Å². The summed E-state index contributed by atoms with van der Waals surface area (Å²) in [6.07, 6.45) is 3.25. The minimum atomic E-state index is -0.270. The average Bonchev–Trinajstić information content (AvgIpc) is 2.44. The maximum Gasteiger partial charge on any atom is 0.307 e. The Kier molecular flexibility index (Phi) is 7.95. The van der Waals surface area contributed by atoms with E-state index in [4.69, 9.17) is 4.74 Å². The third-order valence-corrected chi connectivity index (χ3v) is 3.44. The largest absolute Gasteiger partial charge is 0.466 e. The maximum atomic E-state index is 11.9. The minimum absolute atomic E-state index is 0.197. The number of unbranched alkanes of at least 4 members (excludes halogenated alkanes) is 2. The summed E-state index contributed by atoms with van der Waals surface area (Å²) in [4.78, 5) is 23.3. The van der Waals surface area contributed by atoms with Crippen LogP contribution in [0, 0.1) is 0 Å². The molecule has 1 aromatic carbocycles. The smallest absolute Gasteiger partial charge is 0.307 e. The number of hydrogen-bond donors (Lipinski definition) is 1. The first-order chi connectivity index (χ1) is 9.65. The second-order valence-electron chi connectivity index (χ2n) is 4.41. The van der Waals surface area contributed by atoms with Crippen LogP contribution in [0.2, 0.25) is 0 Å². The van der Waals surface area contributed by atoms with Crippen LogP contribution in [-0.4, -0.2) is 25.0 Å². The van der Waals surface area contributed by atoms with Crippen molar-refractivity contribution in [3.8, 4) is 0 Å². The van der Waals surface area contributed by atoms with Gasteiger partial charge in [-0.2, -0.15) is 0 Å². The molecule has 5 heteroatoms. The van der Waals surface area contributed by atoms with Gasteiger partial charge in [-0.25, -0.2) is 0 Å². The lowest BCUT2D eigenvalue weighted by molar-refractivity contribution is -0.143. The van der Waals surface area contributed by atoms with Crippen LogP contribution in [0.5, 0.6) is 0 Å². The Morgan fingerprint density at radius 1 is 1.25 bits per heavy atom. The third-order valence-electron chi connectivity index (χ3n) is 2.74. The lowest BCUT2D eigenvalue weighted by Crippen LogP contribution is -2.26. The van der Waals surface area contributed by atoms with Gasteiger partial charge in [-0.1, -0.05) is 31.9 Å². The number of ether oxygens (including phenoxy) is 1. The number of carbonyl (C=O) groups excluding carboxylic acids is 2. The quantitative estimate of drug-likeness (QED) is 0.583. The zero-order chi connectivity index (χ0) is 14.8. The predicted octanol–water partition coefficient (Wildman–Crippen LogP) is 3.30. The van der Waals surface area contributed by atoms with Crippen molar-refractivity contribution in [2.45, 2.75) is 32.6 Å². The highest BCUT2D eigenvalue weighted by molar-refractivity contribution is 9.10. The standard InChI is InChI=1S/C15H20BrNO3/c1-2-3-6-11-20-14(18)9-10-17-15(19)12-7-4-5-8-13(12)16/h4-5,7-8H,2-3,6,9-11H2,1H3,(H,17,19). The van der Waals surface area contributed by atoms with Crippen molar-refractivity contribution in [1.29, 1.82) is 0 Å². The highest BCUT2D eigenvalue weighted by atomic mass is 79.9. The SMILES string of the molecule is CCCCCOC(=O)CCNC(=O)c1ccccc1Br. The minimum Gasteiger partial charge on any atom is -0.466 e. The number of nitrogens with one attached hydrogen (secondary N) is 1. The van der Waals surface area contributed by atoms with Crippen molar-refractivity contribution in [2.75, 3.05) is 13.2 Å². The molecule has 0 atom stereocenters. The number of carbonyl (C=O) groups is 2. The van der Waals surface area contributed by atoms with Crippen LogP contribution in [0.15, 0.2) is 28.7 Å². The van der Waals surface area contributed by atoms with E-state index in [0.29, 0.717) is 12.2 Å². The Bertz CT molecular complexity index is 448. The van der Waals surface area contributed by atoms with Gasteiger partial charge in [0.25, 0.3) is 5.91 Å². The van der Waals surface area contributed by atoms with Crippen LogP contribution in [0.1, 0.15) is 43.0 Å². The van der Waals surface area contributed by atoms with E-state index in [-0.39, 0.29) is 24.8 Å². The van der Waals surface area contributed by atoms with Gasteiger partial charge >= 0.3 is 5.97 Å². The highest BCUT2D eigenvalue weighted by Gasteiger charge is 2.09. The first kappa shape index (κ1) is 16.7. The van der Waals surface area contributed by atoms with Gasteiger partial charge in [-0.15, -0.1) is 0 Å². The number of halogens is 1. The van der Waals surface area contributed by atoms with E-state index in [9.17, 15) is 9.59 Å². The molecule has 0 aromatic heterocycles. The lowest BCUT2D eigenvalue weighted by Gasteiger charge is -2.07. The van der Waals surface area contributed by atoms with Crippen molar-refractivity contribution in [2.24, 2.45) is 0 Å². The number of benzene rings is 1. The Morgan fingerprint density at radius 2 is 2.00 bits per heavy atom. The summed E-state index contributed by atoms with van der Waals surface area (Å²) >= 11 is 3.31. The molecule has 0 saturated heterocycles. The Hall–Kier alpha value is -1.36. The molecule has 1 N–H and O–H groups in total. The van der Waals surface area contributed by atoms with Crippen LogP contribution in [0.4, 0.5) is 0 Å². The van der Waals surface area contributed by atoms with Gasteiger partial charge in [0.05, 0.1) is 18.6 Å². The third kappa shape index (κ3) is 6.19. The highest BCUT2D eigenvalue weighted by Crippen LogP contribution is 2.15. The Morgan fingerprint density at radius 3 is 2.70 bits per heavy atom. The van der Waals surface area contributed by atoms with Gasteiger partial charge in [0.15, 0.2) is 0 Å². The van der Waals surface area contributed by atoms with Crippen LogP contribution in [0.25, 0.3) is 0 Å². The van der Waals surface area contributed by atoms with Crippen LogP contribution >= 0.6 is 15.9 Å². The molecule has 0 heterocycles. The molecule has 0 spiro atoms. The average molecular weight is 342 g/mol. The molecular weight excluding hydrogens is 322 g/mol. The van der Waals surface area contributed by atoms with Gasteiger partial charge in [0.2, 0.25) is 0 Å². The summed E-state index contributed by atoms with van der Waals surface area (Å²) in [5, 5.41) is 2.70. The number of esters is 1. The Labute approximate surface area is 128 Å². The molecule has 110 valence electrons. The molecule has 1 rings (SSSR count). The topological polar surface area (TPSA) is 55.4 Å². The zero-order valence-corrected chi connectivity index (χ0v) is 13.2. The monoisotopic (exact) mass is 341 g/mol. The summed E-state index contributed by atoms with van der Waals surface area (Å²) in [6.45, 7) is 2.84. The molecule has 1 aromatic rings. The first-order valence-electron chi connectivity index (χ1n) is 6.83. The fourth-order valence-corrected chi connectivity index (χ4v) is 2.09. The molecule has 0 aliphatic carbocycles. The predicted molar refractivity (Wildman–Crippen MR) is 81.6 cm³/mol. The molecule has 0 aliphatic rings. The van der Waals surface area contributed by atoms with Crippen molar-refractivity contribution in [1.82, 2.24) is 5.32 Å². The van der Waals surface area contributed by atoms with Crippen molar-refractivity contribution in [3.63, 3.8) is 0 Å². The summed E-state index contributed by atoms with van der Waals surface area (Å²) in [5.41, 5.74) is 0.559. The van der Waals surface area contributed by atoms with Gasteiger partial charge in [0.1, 0.15) is 0 Å². The fourth-order valence-electron chi connectivity index (χ4n) is 1.63. The molecule has 20 heavy (non-hydrogen) atoms. The second-order valence-corrected chi connectivity index (χ2v) is 5.27. The summed E-state index contributed by atoms with van der Waals surface area (Å²) in [7, 11) is 0. The van der Waals surface area contributed by atoms with E-state index in [1.807, 2.05) is 6.07 Å².